The number of hydrogen-bond donors (Lipinski definition) is 1. The van der Waals surface area contributed by atoms with Crippen LogP contribution >= 0.6 is 0 Å². The lowest BCUT2D eigenvalue weighted by Gasteiger charge is -2.13. The molecule has 94 valence electrons. The van der Waals surface area contributed by atoms with E-state index in [-0.39, 0.29) is 17.7 Å². The Hall–Kier alpha value is -1.84. The molecule has 0 unspecified atom stereocenters. The Balaban J connectivity index is 1.97. The number of carboxylic acid groups (broad SMARTS) is 1. The molecule has 1 saturated carbocycles. The van der Waals surface area contributed by atoms with Gasteiger partial charge in [0, 0.05) is 24.6 Å². The van der Waals surface area contributed by atoms with Crippen molar-refractivity contribution in [2.75, 3.05) is 7.05 Å². The highest BCUT2D eigenvalue weighted by Gasteiger charge is 2.46. The first-order valence-corrected chi connectivity index (χ1v) is 6.12. The van der Waals surface area contributed by atoms with Crippen LogP contribution in [0.4, 0.5) is 0 Å². The molecule has 0 aromatic heterocycles. The van der Waals surface area contributed by atoms with Crippen LogP contribution in [0.5, 0.6) is 0 Å². The first-order chi connectivity index (χ1) is 8.52. The zero-order valence-electron chi connectivity index (χ0n) is 10.3. The minimum absolute atomic E-state index is 0.0398. The van der Waals surface area contributed by atoms with E-state index >= 15 is 0 Å². The van der Waals surface area contributed by atoms with Gasteiger partial charge in [-0.1, -0.05) is 12.1 Å². The van der Waals surface area contributed by atoms with E-state index in [0.717, 1.165) is 29.5 Å². The summed E-state index contributed by atoms with van der Waals surface area (Å²) in [5.41, 5.74) is 2.57. The lowest BCUT2D eigenvalue weighted by Crippen LogP contribution is -2.18. The maximum Gasteiger partial charge on any atom is 0.304 e. The summed E-state index contributed by atoms with van der Waals surface area (Å²) in [7, 11) is 1.78. The Bertz CT molecular complexity index is 546. The minimum Gasteiger partial charge on any atom is -0.481 e. The van der Waals surface area contributed by atoms with Crippen molar-refractivity contribution in [2.24, 2.45) is 0 Å². The number of carboxylic acids is 1. The number of rotatable bonds is 3. The number of nitrogens with zero attached hydrogens (tertiary/aromatic N) is 1. The van der Waals surface area contributed by atoms with E-state index < -0.39 is 5.97 Å². The molecule has 0 atom stereocenters. The van der Waals surface area contributed by atoms with Gasteiger partial charge >= 0.3 is 5.97 Å². The van der Waals surface area contributed by atoms with Crippen LogP contribution in [0.1, 0.15) is 40.7 Å². The zero-order valence-corrected chi connectivity index (χ0v) is 10.3. The monoisotopic (exact) mass is 245 g/mol. The van der Waals surface area contributed by atoms with Gasteiger partial charge in [0.1, 0.15) is 0 Å². The van der Waals surface area contributed by atoms with Gasteiger partial charge in [-0.15, -0.1) is 0 Å². The predicted octanol–water partition coefficient (Wildman–Crippen LogP) is 1.78. The number of amides is 1. The summed E-state index contributed by atoms with van der Waals surface area (Å²) in [6.45, 7) is 0.653. The second kappa shape index (κ2) is 3.57. The number of carbonyl (C=O) groups is 2. The molecule has 0 spiro atoms. The average Bonchev–Trinajstić information content (AvgIpc) is 3.02. The second-order valence-corrected chi connectivity index (χ2v) is 5.38. The summed E-state index contributed by atoms with van der Waals surface area (Å²) in [4.78, 5) is 24.5. The summed E-state index contributed by atoms with van der Waals surface area (Å²) in [6, 6.07) is 5.85. The lowest BCUT2D eigenvalue weighted by molar-refractivity contribution is -0.137. The molecule has 4 nitrogen and oxygen atoms in total. The fourth-order valence-electron chi connectivity index (χ4n) is 2.78. The molecule has 1 N–H and O–H groups in total. The first-order valence-electron chi connectivity index (χ1n) is 6.12. The van der Waals surface area contributed by atoms with E-state index in [1.807, 2.05) is 18.2 Å². The molecule has 0 radical (unpaired) electrons. The van der Waals surface area contributed by atoms with E-state index in [4.69, 9.17) is 5.11 Å². The number of benzene rings is 1. The van der Waals surface area contributed by atoms with Crippen molar-refractivity contribution in [3.63, 3.8) is 0 Å². The number of aliphatic carboxylic acids is 1. The van der Waals surface area contributed by atoms with E-state index in [2.05, 4.69) is 0 Å². The van der Waals surface area contributed by atoms with Crippen LogP contribution in [0, 0.1) is 0 Å². The topological polar surface area (TPSA) is 57.6 Å². The Morgan fingerprint density at radius 2 is 2.17 bits per heavy atom. The molecule has 0 bridgehead atoms. The van der Waals surface area contributed by atoms with Crippen molar-refractivity contribution in [3.8, 4) is 0 Å². The molecule has 1 amide bonds. The fourth-order valence-corrected chi connectivity index (χ4v) is 2.78. The Kier molecular flexibility index (Phi) is 2.24. The maximum absolute atomic E-state index is 11.9. The van der Waals surface area contributed by atoms with Crippen molar-refractivity contribution in [2.45, 2.75) is 31.2 Å². The molecule has 18 heavy (non-hydrogen) atoms. The van der Waals surface area contributed by atoms with Crippen LogP contribution < -0.4 is 0 Å². The van der Waals surface area contributed by atoms with Gasteiger partial charge in [-0.2, -0.15) is 0 Å². The minimum atomic E-state index is -0.767. The van der Waals surface area contributed by atoms with Crippen LogP contribution in [-0.4, -0.2) is 28.9 Å². The van der Waals surface area contributed by atoms with E-state index in [9.17, 15) is 9.59 Å². The van der Waals surface area contributed by atoms with Gasteiger partial charge in [0.2, 0.25) is 0 Å². The molecular weight excluding hydrogens is 230 g/mol. The number of hydrogen-bond acceptors (Lipinski definition) is 2. The highest BCUT2D eigenvalue weighted by Crippen LogP contribution is 2.51. The van der Waals surface area contributed by atoms with Gasteiger partial charge in [-0.05, 0) is 30.0 Å². The fraction of sp³-hybridized carbons (Fsp3) is 0.429. The third-order valence-corrected chi connectivity index (χ3v) is 4.05. The van der Waals surface area contributed by atoms with Crippen LogP contribution in [-0.2, 0) is 16.8 Å². The molecule has 1 fully saturated rings. The summed E-state index contributed by atoms with van der Waals surface area (Å²) < 4.78 is 0. The van der Waals surface area contributed by atoms with Gasteiger partial charge in [0.15, 0.2) is 0 Å². The predicted molar refractivity (Wildman–Crippen MR) is 65.4 cm³/mol. The highest BCUT2D eigenvalue weighted by molar-refractivity contribution is 5.98. The zero-order chi connectivity index (χ0) is 12.9. The number of carbonyl (C=O) groups excluding carboxylic acids is 1. The third kappa shape index (κ3) is 1.60. The highest BCUT2D eigenvalue weighted by atomic mass is 16.4. The molecule has 3 rings (SSSR count). The molecule has 1 aromatic carbocycles. The van der Waals surface area contributed by atoms with Crippen molar-refractivity contribution in [1.29, 1.82) is 0 Å². The Morgan fingerprint density at radius 1 is 1.44 bits per heavy atom. The summed E-state index contributed by atoms with van der Waals surface area (Å²) in [6.07, 6.45) is 1.97. The average molecular weight is 245 g/mol. The Labute approximate surface area is 105 Å². The van der Waals surface area contributed by atoms with Gasteiger partial charge in [0.25, 0.3) is 5.91 Å². The molecule has 0 saturated heterocycles. The SMILES string of the molecule is CN1Cc2ccc(C3(CC(=O)O)CC3)cc2C1=O. The van der Waals surface area contributed by atoms with E-state index in [1.54, 1.807) is 11.9 Å². The van der Waals surface area contributed by atoms with Crippen LogP contribution in [0.2, 0.25) is 0 Å². The Morgan fingerprint density at radius 3 is 2.78 bits per heavy atom. The smallest absolute Gasteiger partial charge is 0.304 e. The second-order valence-electron chi connectivity index (χ2n) is 5.38. The number of fused-ring (bicyclic) bond motifs is 1. The third-order valence-electron chi connectivity index (χ3n) is 4.05. The summed E-state index contributed by atoms with van der Waals surface area (Å²) >= 11 is 0. The van der Waals surface area contributed by atoms with Crippen molar-refractivity contribution in [1.82, 2.24) is 4.90 Å². The quantitative estimate of drug-likeness (QED) is 0.883. The van der Waals surface area contributed by atoms with Gasteiger partial charge in [0.05, 0.1) is 6.42 Å². The molecule has 1 aromatic rings. The molecule has 1 heterocycles. The van der Waals surface area contributed by atoms with Crippen LogP contribution in [0.3, 0.4) is 0 Å². The van der Waals surface area contributed by atoms with Crippen molar-refractivity contribution < 1.29 is 14.7 Å². The van der Waals surface area contributed by atoms with Crippen molar-refractivity contribution in [3.05, 3.63) is 34.9 Å². The summed E-state index contributed by atoms with van der Waals surface area (Å²) in [5.74, 6) is -0.727. The molecule has 1 aliphatic heterocycles. The normalized spacial score (nSPS) is 19.8. The molecule has 2 aliphatic rings. The standard InChI is InChI=1S/C14H15NO3/c1-15-8-9-2-3-10(6-11(9)13(15)18)14(4-5-14)7-12(16)17/h2-3,6H,4-5,7-8H2,1H3,(H,16,17). The maximum atomic E-state index is 11.9. The molecular formula is C14H15NO3. The van der Waals surface area contributed by atoms with E-state index in [1.165, 1.54) is 0 Å². The van der Waals surface area contributed by atoms with Gasteiger partial charge in [-0.25, -0.2) is 0 Å². The van der Waals surface area contributed by atoms with E-state index in [0.29, 0.717) is 6.54 Å². The van der Waals surface area contributed by atoms with Crippen molar-refractivity contribution >= 4 is 11.9 Å². The lowest BCUT2D eigenvalue weighted by atomic mass is 9.90. The summed E-state index contributed by atoms with van der Waals surface area (Å²) in [5, 5.41) is 8.96. The van der Waals surface area contributed by atoms with Gasteiger partial charge < -0.3 is 10.0 Å². The van der Waals surface area contributed by atoms with Crippen LogP contribution in [0.15, 0.2) is 18.2 Å². The largest absolute Gasteiger partial charge is 0.481 e. The van der Waals surface area contributed by atoms with Crippen LogP contribution in [0.25, 0.3) is 0 Å². The molecule has 1 aliphatic carbocycles. The van der Waals surface area contributed by atoms with Gasteiger partial charge in [-0.3, -0.25) is 9.59 Å². The first kappa shape index (κ1) is 11.3. The molecule has 4 heteroatoms.